The van der Waals surface area contributed by atoms with E-state index in [1.54, 1.807) is 13.8 Å². The second-order valence-corrected chi connectivity index (χ2v) is 2.34. The van der Waals surface area contributed by atoms with Gasteiger partial charge in [0.1, 0.15) is 0 Å². The molecule has 0 aliphatic heterocycles. The average molecular weight is 175 g/mol. The van der Waals surface area contributed by atoms with E-state index in [1.165, 1.54) is 0 Å². The summed E-state index contributed by atoms with van der Waals surface area (Å²) >= 11 is 0. The first-order chi connectivity index (χ1) is 5.56. The van der Waals surface area contributed by atoms with Crippen molar-refractivity contribution in [3.05, 3.63) is 0 Å². The summed E-state index contributed by atoms with van der Waals surface area (Å²) in [5, 5.41) is 0. The highest BCUT2D eigenvalue weighted by Crippen LogP contribution is 1.93. The summed E-state index contributed by atoms with van der Waals surface area (Å²) in [5.41, 5.74) is 5.29. The highest BCUT2D eigenvalue weighted by molar-refractivity contribution is 5.82. The summed E-state index contributed by atoms with van der Waals surface area (Å²) in [6.45, 7) is 3.45. The van der Waals surface area contributed by atoms with Gasteiger partial charge in [-0.25, -0.2) is 4.79 Å². The molecule has 0 radical (unpaired) electrons. The summed E-state index contributed by atoms with van der Waals surface area (Å²) in [7, 11) is 0. The van der Waals surface area contributed by atoms with Crippen LogP contribution in [0.4, 0.5) is 4.79 Å². The Hall–Kier alpha value is -1.10. The average Bonchev–Trinajstić information content (AvgIpc) is 1.84. The second kappa shape index (κ2) is 5.54. The third-order valence-corrected chi connectivity index (χ3v) is 0.948. The van der Waals surface area contributed by atoms with E-state index in [2.05, 4.69) is 9.47 Å². The molecule has 2 N–H and O–H groups in total. The zero-order valence-corrected chi connectivity index (χ0v) is 7.20. The van der Waals surface area contributed by atoms with E-state index in [0.29, 0.717) is 0 Å². The molecule has 0 bridgehead atoms. The minimum atomic E-state index is -0.969. The molecule has 0 aromatic rings. The number of carbonyl (C=O) groups is 2. The largest absolute Gasteiger partial charge is 0.516 e. The van der Waals surface area contributed by atoms with Crippen LogP contribution in [0, 0.1) is 0 Å². The number of hydrogen-bond donors (Lipinski definition) is 1. The molecule has 0 aliphatic carbocycles. The maximum absolute atomic E-state index is 10.7. The number of nitrogens with two attached hydrogens (primary N) is 1. The van der Waals surface area contributed by atoms with Crippen molar-refractivity contribution in [2.24, 2.45) is 5.73 Å². The maximum atomic E-state index is 10.7. The van der Waals surface area contributed by atoms with E-state index in [1.807, 2.05) is 0 Å². The molecule has 1 atom stereocenters. The van der Waals surface area contributed by atoms with Crippen molar-refractivity contribution in [2.75, 3.05) is 6.61 Å². The first-order valence-corrected chi connectivity index (χ1v) is 3.69. The quantitative estimate of drug-likeness (QED) is 0.497. The number of carbonyl (C=O) groups excluding carboxylic acids is 2. The van der Waals surface area contributed by atoms with Crippen molar-refractivity contribution in [1.82, 2.24) is 0 Å². The first kappa shape index (κ1) is 10.9. The molecule has 70 valence electrons. The number of ether oxygens (including phenoxy) is 2. The van der Waals surface area contributed by atoms with Gasteiger partial charge in [0.25, 0.3) is 0 Å². The van der Waals surface area contributed by atoms with Crippen LogP contribution in [0.25, 0.3) is 0 Å². The van der Waals surface area contributed by atoms with Crippen molar-refractivity contribution in [3.8, 4) is 0 Å². The van der Waals surface area contributed by atoms with E-state index < -0.39 is 12.1 Å². The first-order valence-electron chi connectivity index (χ1n) is 3.69. The van der Waals surface area contributed by atoms with Crippen molar-refractivity contribution < 1.29 is 19.1 Å². The molecular weight excluding hydrogens is 162 g/mol. The topological polar surface area (TPSA) is 78.6 Å². The van der Waals surface area contributed by atoms with Gasteiger partial charge in [0, 0.05) is 6.04 Å². The fourth-order valence-corrected chi connectivity index (χ4v) is 0.545. The molecular formula is C7H13NO4. The van der Waals surface area contributed by atoms with Gasteiger partial charge >= 0.3 is 12.1 Å². The minimum absolute atomic E-state index is 0.0127. The van der Waals surface area contributed by atoms with E-state index >= 15 is 0 Å². The predicted molar refractivity (Wildman–Crippen MR) is 41.4 cm³/mol. The molecule has 0 aliphatic rings. The molecule has 12 heavy (non-hydrogen) atoms. The van der Waals surface area contributed by atoms with Crippen molar-refractivity contribution in [2.45, 2.75) is 26.3 Å². The van der Waals surface area contributed by atoms with E-state index in [9.17, 15) is 9.59 Å². The van der Waals surface area contributed by atoms with Gasteiger partial charge in [0.2, 0.25) is 0 Å². The molecule has 0 saturated carbocycles. The second-order valence-electron chi connectivity index (χ2n) is 2.34. The number of hydrogen-bond acceptors (Lipinski definition) is 5. The molecule has 0 saturated heterocycles. The predicted octanol–water partition coefficient (Wildman–Crippen LogP) is 0.423. The van der Waals surface area contributed by atoms with Gasteiger partial charge in [-0.05, 0) is 13.8 Å². The fraction of sp³-hybridized carbons (Fsp3) is 0.714. The Morgan fingerprint density at radius 2 is 2.08 bits per heavy atom. The fourth-order valence-electron chi connectivity index (χ4n) is 0.545. The minimum Gasteiger partial charge on any atom is -0.434 e. The SMILES string of the molecule is CCOC(=O)OC(=O)C[C@@H](C)N. The van der Waals surface area contributed by atoms with Gasteiger partial charge in [-0.15, -0.1) is 0 Å². The van der Waals surface area contributed by atoms with Gasteiger partial charge in [-0.3, -0.25) is 4.79 Å². The van der Waals surface area contributed by atoms with E-state index in [0.717, 1.165) is 0 Å². The van der Waals surface area contributed by atoms with Crippen LogP contribution in [-0.4, -0.2) is 24.8 Å². The van der Waals surface area contributed by atoms with Crippen LogP contribution in [-0.2, 0) is 14.3 Å². The van der Waals surface area contributed by atoms with Crippen LogP contribution < -0.4 is 5.73 Å². The van der Waals surface area contributed by atoms with Crippen molar-refractivity contribution in [1.29, 1.82) is 0 Å². The van der Waals surface area contributed by atoms with Gasteiger partial charge in [-0.1, -0.05) is 0 Å². The highest BCUT2D eigenvalue weighted by atomic mass is 16.7. The maximum Gasteiger partial charge on any atom is 0.516 e. The summed E-state index contributed by atoms with van der Waals surface area (Å²) in [6.07, 6.45) is -0.957. The summed E-state index contributed by atoms with van der Waals surface area (Å²) in [4.78, 5) is 21.3. The molecule has 0 amide bonds. The zero-order valence-electron chi connectivity index (χ0n) is 7.20. The van der Waals surface area contributed by atoms with Crippen LogP contribution >= 0.6 is 0 Å². The highest BCUT2D eigenvalue weighted by Gasteiger charge is 2.12. The van der Waals surface area contributed by atoms with Crippen LogP contribution in [0.1, 0.15) is 20.3 Å². The van der Waals surface area contributed by atoms with E-state index in [4.69, 9.17) is 5.73 Å². The van der Waals surface area contributed by atoms with Gasteiger partial charge < -0.3 is 15.2 Å². The molecule has 0 unspecified atom stereocenters. The van der Waals surface area contributed by atoms with Gasteiger partial charge in [0.05, 0.1) is 13.0 Å². The lowest BCUT2D eigenvalue weighted by atomic mass is 10.3. The lowest BCUT2D eigenvalue weighted by molar-refractivity contribution is -0.140. The Kier molecular flexibility index (Phi) is 5.03. The Balaban J connectivity index is 3.62. The molecule has 0 rings (SSSR count). The molecule has 0 spiro atoms. The van der Waals surface area contributed by atoms with Crippen molar-refractivity contribution in [3.63, 3.8) is 0 Å². The van der Waals surface area contributed by atoms with E-state index in [-0.39, 0.29) is 19.1 Å². The Labute approximate surface area is 70.8 Å². The third-order valence-electron chi connectivity index (χ3n) is 0.948. The smallest absolute Gasteiger partial charge is 0.434 e. The Morgan fingerprint density at radius 3 is 2.50 bits per heavy atom. The standard InChI is InChI=1S/C7H13NO4/c1-3-11-7(10)12-6(9)4-5(2)8/h5H,3-4,8H2,1-2H3/t5-/m1/s1. The molecule has 0 aromatic carbocycles. The molecule has 5 heteroatoms. The van der Waals surface area contributed by atoms with Crippen LogP contribution in [0.15, 0.2) is 0 Å². The van der Waals surface area contributed by atoms with Gasteiger partial charge in [0.15, 0.2) is 0 Å². The van der Waals surface area contributed by atoms with Crippen LogP contribution in [0.2, 0.25) is 0 Å². The lowest BCUT2D eigenvalue weighted by Crippen LogP contribution is -2.23. The number of rotatable bonds is 3. The van der Waals surface area contributed by atoms with Gasteiger partial charge in [-0.2, -0.15) is 0 Å². The summed E-state index contributed by atoms with van der Waals surface area (Å²) in [5.74, 6) is -0.663. The van der Waals surface area contributed by atoms with Crippen LogP contribution in [0.3, 0.4) is 0 Å². The summed E-state index contributed by atoms with van der Waals surface area (Å²) < 4.78 is 8.59. The molecule has 0 heterocycles. The van der Waals surface area contributed by atoms with Crippen molar-refractivity contribution >= 4 is 12.1 Å². The van der Waals surface area contributed by atoms with Crippen LogP contribution in [0.5, 0.6) is 0 Å². The summed E-state index contributed by atoms with van der Waals surface area (Å²) in [6, 6.07) is -0.313. The normalized spacial score (nSPS) is 11.9. The molecule has 5 nitrogen and oxygen atoms in total. The Bertz CT molecular complexity index is 167. The number of esters is 1. The molecule has 0 fully saturated rings. The molecule has 0 aromatic heterocycles. The third kappa shape index (κ3) is 5.67. The lowest BCUT2D eigenvalue weighted by Gasteiger charge is -2.04. The zero-order chi connectivity index (χ0) is 9.56. The monoisotopic (exact) mass is 175 g/mol. The Morgan fingerprint density at radius 1 is 1.50 bits per heavy atom.